The third-order valence-electron chi connectivity index (χ3n) is 0.957. The van der Waals surface area contributed by atoms with Crippen LogP contribution in [0.5, 0.6) is 0 Å². The van der Waals surface area contributed by atoms with Gasteiger partial charge >= 0.3 is 46.2 Å². The number of rotatable bonds is 3. The molecule has 0 aliphatic rings. The zero-order valence-corrected chi connectivity index (χ0v) is 7.80. The van der Waals surface area contributed by atoms with E-state index in [4.69, 9.17) is 0 Å². The standard InChI is InChI=1S/C5H14Ge/c1-3-4-5-6-2/h3-6H2,1-2H3. The van der Waals surface area contributed by atoms with E-state index in [1.54, 1.807) is 5.25 Å². The second-order valence-corrected chi connectivity index (χ2v) is 5.29. The second-order valence-electron chi connectivity index (χ2n) is 1.71. The Kier molecular flexibility index (Phi) is 6.04. The Morgan fingerprint density at radius 3 is 2.33 bits per heavy atom. The Morgan fingerprint density at radius 2 is 2.17 bits per heavy atom. The molecule has 1 heteroatoms. The van der Waals surface area contributed by atoms with Crippen LogP contribution in [0.4, 0.5) is 0 Å². The molecule has 6 heavy (non-hydrogen) atoms. The molecule has 0 aromatic heterocycles. The van der Waals surface area contributed by atoms with Crippen molar-refractivity contribution >= 4 is 15.4 Å². The van der Waals surface area contributed by atoms with E-state index in [2.05, 4.69) is 12.7 Å². The molecule has 0 aromatic carbocycles. The first-order chi connectivity index (χ1) is 2.91. The summed E-state index contributed by atoms with van der Waals surface area (Å²) < 4.78 is 0. The zero-order chi connectivity index (χ0) is 4.83. The Morgan fingerprint density at radius 1 is 1.50 bits per heavy atom. The minimum absolute atomic E-state index is 0.0698. The molecule has 0 atom stereocenters. The van der Waals surface area contributed by atoms with Gasteiger partial charge in [0.2, 0.25) is 0 Å². The minimum atomic E-state index is 0.0698. The van der Waals surface area contributed by atoms with E-state index in [-0.39, 0.29) is 15.4 Å². The van der Waals surface area contributed by atoms with Gasteiger partial charge in [0.25, 0.3) is 0 Å². The van der Waals surface area contributed by atoms with E-state index in [0.717, 1.165) is 0 Å². The van der Waals surface area contributed by atoms with Gasteiger partial charge in [0.15, 0.2) is 0 Å². The summed E-state index contributed by atoms with van der Waals surface area (Å²) in [5.41, 5.74) is 0. The van der Waals surface area contributed by atoms with Crippen molar-refractivity contribution in [1.82, 2.24) is 0 Å². The van der Waals surface area contributed by atoms with Crippen LogP contribution in [0.1, 0.15) is 19.8 Å². The Hall–Kier alpha value is 0.543. The second kappa shape index (κ2) is 5.54. The summed E-state index contributed by atoms with van der Waals surface area (Å²) in [6.07, 6.45) is 2.90. The van der Waals surface area contributed by atoms with Crippen LogP contribution in [-0.2, 0) is 0 Å². The summed E-state index contributed by atoms with van der Waals surface area (Å²) in [6, 6.07) is 0. The molecular weight excluding hydrogens is 133 g/mol. The molecule has 0 heterocycles. The summed E-state index contributed by atoms with van der Waals surface area (Å²) in [5.74, 6) is 2.42. The first-order valence-electron chi connectivity index (χ1n) is 2.91. The van der Waals surface area contributed by atoms with Crippen molar-refractivity contribution in [3.8, 4) is 0 Å². The van der Waals surface area contributed by atoms with Crippen LogP contribution in [0, 0.1) is 0 Å². The molecule has 0 aliphatic carbocycles. The fourth-order valence-electron chi connectivity index (χ4n) is 0.500. The summed E-state index contributed by atoms with van der Waals surface area (Å²) in [6.45, 7) is 2.26. The summed E-state index contributed by atoms with van der Waals surface area (Å²) in [5, 5.41) is 1.60. The third kappa shape index (κ3) is 4.54. The van der Waals surface area contributed by atoms with Crippen molar-refractivity contribution in [2.75, 3.05) is 0 Å². The molecule has 0 radical (unpaired) electrons. The monoisotopic (exact) mass is 148 g/mol. The molecule has 0 saturated carbocycles. The van der Waals surface area contributed by atoms with Crippen molar-refractivity contribution in [3.63, 3.8) is 0 Å². The van der Waals surface area contributed by atoms with Gasteiger partial charge in [-0.3, -0.25) is 0 Å². The van der Waals surface area contributed by atoms with E-state index < -0.39 is 0 Å². The summed E-state index contributed by atoms with van der Waals surface area (Å²) in [7, 11) is 0. The molecule has 0 unspecified atom stereocenters. The molecule has 0 saturated heterocycles. The van der Waals surface area contributed by atoms with Crippen LogP contribution in [-0.4, -0.2) is 15.4 Å². The molecule has 38 valence electrons. The predicted octanol–water partition coefficient (Wildman–Crippen LogP) is 1.42. The van der Waals surface area contributed by atoms with Gasteiger partial charge in [-0.2, -0.15) is 0 Å². The molecule has 0 spiro atoms. The van der Waals surface area contributed by atoms with E-state index in [0.29, 0.717) is 0 Å². The fraction of sp³-hybridized carbons (Fsp3) is 1.00. The molecular formula is C5H14Ge. The number of unbranched alkanes of at least 4 members (excludes halogenated alkanes) is 1. The molecule has 0 N–H and O–H groups in total. The van der Waals surface area contributed by atoms with Crippen molar-refractivity contribution < 1.29 is 0 Å². The zero-order valence-electron chi connectivity index (χ0n) is 4.83. The summed E-state index contributed by atoms with van der Waals surface area (Å²) in [4.78, 5) is 0. The Labute approximate surface area is 46.8 Å². The van der Waals surface area contributed by atoms with E-state index in [1.807, 2.05) is 0 Å². The Bertz CT molecular complexity index is 15.9. The molecule has 0 aromatic rings. The fourth-order valence-corrected chi connectivity index (χ4v) is 2.60. The summed E-state index contributed by atoms with van der Waals surface area (Å²) >= 11 is 0.0698. The topological polar surface area (TPSA) is 0 Å². The van der Waals surface area contributed by atoms with Crippen molar-refractivity contribution in [2.45, 2.75) is 30.8 Å². The molecule has 0 bridgehead atoms. The van der Waals surface area contributed by atoms with Crippen LogP contribution in [0.3, 0.4) is 0 Å². The quantitative estimate of drug-likeness (QED) is 0.418. The molecule has 0 nitrogen and oxygen atoms in total. The van der Waals surface area contributed by atoms with E-state index in [9.17, 15) is 0 Å². The van der Waals surface area contributed by atoms with Crippen molar-refractivity contribution in [3.05, 3.63) is 0 Å². The number of hydrogen-bond acceptors (Lipinski definition) is 0. The van der Waals surface area contributed by atoms with Gasteiger partial charge in [-0.15, -0.1) is 0 Å². The van der Waals surface area contributed by atoms with Gasteiger partial charge in [-0.25, -0.2) is 0 Å². The predicted molar refractivity (Wildman–Crippen MR) is 34.1 cm³/mol. The van der Waals surface area contributed by atoms with Gasteiger partial charge in [0.05, 0.1) is 0 Å². The first kappa shape index (κ1) is 6.54. The third-order valence-corrected chi connectivity index (χ3v) is 3.49. The normalized spacial score (nSPS) is 11.0. The van der Waals surface area contributed by atoms with Gasteiger partial charge in [0.1, 0.15) is 0 Å². The molecule has 0 rings (SSSR count). The van der Waals surface area contributed by atoms with Crippen LogP contribution in [0.2, 0.25) is 11.0 Å². The van der Waals surface area contributed by atoms with E-state index >= 15 is 0 Å². The maximum atomic E-state index is 2.42. The number of hydrogen-bond donors (Lipinski definition) is 0. The van der Waals surface area contributed by atoms with Crippen LogP contribution >= 0.6 is 0 Å². The molecule has 0 aliphatic heterocycles. The average molecular weight is 147 g/mol. The SMILES string of the molecule is CCC[CH2][GeH2][CH3]. The molecule has 0 fully saturated rings. The van der Waals surface area contributed by atoms with Gasteiger partial charge < -0.3 is 0 Å². The first-order valence-corrected chi connectivity index (χ1v) is 7.98. The molecule has 0 amide bonds. The Balaban J connectivity index is 2.34. The van der Waals surface area contributed by atoms with E-state index in [1.165, 1.54) is 12.8 Å². The van der Waals surface area contributed by atoms with Gasteiger partial charge in [0, 0.05) is 0 Å². The van der Waals surface area contributed by atoms with Gasteiger partial charge in [-0.05, 0) is 0 Å². The average Bonchev–Trinajstić information content (AvgIpc) is 1.61. The maximum absolute atomic E-state index is 2.42. The van der Waals surface area contributed by atoms with Crippen LogP contribution in [0.15, 0.2) is 0 Å². The van der Waals surface area contributed by atoms with Crippen LogP contribution in [0.25, 0.3) is 0 Å². The van der Waals surface area contributed by atoms with Crippen LogP contribution < -0.4 is 0 Å². The van der Waals surface area contributed by atoms with Crippen molar-refractivity contribution in [2.24, 2.45) is 0 Å². The van der Waals surface area contributed by atoms with Crippen molar-refractivity contribution in [1.29, 1.82) is 0 Å². The van der Waals surface area contributed by atoms with Gasteiger partial charge in [-0.1, -0.05) is 0 Å².